The molecule has 0 fully saturated rings. The van der Waals surface area contributed by atoms with E-state index in [9.17, 15) is 22.4 Å². The van der Waals surface area contributed by atoms with Crippen LogP contribution in [-0.4, -0.2) is 16.0 Å². The van der Waals surface area contributed by atoms with E-state index in [1.54, 1.807) is 30.7 Å². The van der Waals surface area contributed by atoms with E-state index in [4.69, 9.17) is 16.3 Å². The van der Waals surface area contributed by atoms with Gasteiger partial charge in [-0.2, -0.15) is 13.2 Å². The number of carbonyl (C=O) groups is 1. The third kappa shape index (κ3) is 5.46. The van der Waals surface area contributed by atoms with Crippen LogP contribution < -0.4 is 15.4 Å². The first-order chi connectivity index (χ1) is 16.2. The highest BCUT2D eigenvalue weighted by atomic mass is 35.5. The molecule has 0 aliphatic carbocycles. The van der Waals surface area contributed by atoms with E-state index >= 15 is 0 Å². The van der Waals surface area contributed by atoms with E-state index in [0.29, 0.717) is 17.5 Å². The fourth-order valence-corrected chi connectivity index (χ4v) is 3.24. The summed E-state index contributed by atoms with van der Waals surface area (Å²) in [5.74, 6) is -0.214. The smallest absolute Gasteiger partial charge is 0.417 e. The van der Waals surface area contributed by atoms with Crippen LogP contribution in [0.3, 0.4) is 0 Å². The summed E-state index contributed by atoms with van der Waals surface area (Å²) < 4.78 is 59.1. The molecule has 0 atom stereocenters. The summed E-state index contributed by atoms with van der Waals surface area (Å²) in [5, 5.41) is 3.95. The predicted octanol–water partition coefficient (Wildman–Crippen LogP) is 7.32. The van der Waals surface area contributed by atoms with Gasteiger partial charge in [0.25, 0.3) is 0 Å². The van der Waals surface area contributed by atoms with Gasteiger partial charge in [-0.25, -0.2) is 9.18 Å². The maximum atomic E-state index is 14.5. The molecule has 3 N–H and O–H groups in total. The van der Waals surface area contributed by atoms with Gasteiger partial charge in [0.1, 0.15) is 17.3 Å². The van der Waals surface area contributed by atoms with Crippen molar-refractivity contribution in [2.24, 2.45) is 0 Å². The molecule has 2 aromatic heterocycles. The Morgan fingerprint density at radius 3 is 2.50 bits per heavy atom. The number of aromatic nitrogens is 2. The molecule has 34 heavy (non-hydrogen) atoms. The fourth-order valence-electron chi connectivity index (χ4n) is 3.02. The fraction of sp³-hybridized carbons (Fsp3) is 0.0435. The van der Waals surface area contributed by atoms with Gasteiger partial charge in [0.15, 0.2) is 0 Å². The summed E-state index contributed by atoms with van der Waals surface area (Å²) in [6.45, 7) is 0. The Morgan fingerprint density at radius 2 is 1.79 bits per heavy atom. The average Bonchev–Trinajstić information content (AvgIpc) is 3.31. The van der Waals surface area contributed by atoms with Crippen molar-refractivity contribution < 1.29 is 27.1 Å². The molecular formula is C23H15ClF4N4O2. The number of urea groups is 1. The predicted molar refractivity (Wildman–Crippen MR) is 120 cm³/mol. The Morgan fingerprint density at radius 1 is 1.00 bits per heavy atom. The molecular weight excluding hydrogens is 476 g/mol. The van der Waals surface area contributed by atoms with Crippen LogP contribution in [0.4, 0.5) is 33.7 Å². The van der Waals surface area contributed by atoms with Gasteiger partial charge in [0, 0.05) is 42.0 Å². The largest absolute Gasteiger partial charge is 0.457 e. The lowest BCUT2D eigenvalue weighted by Crippen LogP contribution is -2.20. The SMILES string of the molecule is O=C(Nc1ccc(Cl)c(C(F)(F)F)c1)Nc1ccc(Oc2ccnc(-c3cc[nH]c3)c2)cc1F. The molecule has 2 aromatic carbocycles. The molecule has 0 saturated heterocycles. The molecule has 0 unspecified atom stereocenters. The first-order valence-corrected chi connectivity index (χ1v) is 10.1. The highest BCUT2D eigenvalue weighted by Crippen LogP contribution is 2.36. The molecule has 4 rings (SSSR count). The van der Waals surface area contributed by atoms with Crippen LogP contribution in [0.25, 0.3) is 11.3 Å². The van der Waals surface area contributed by atoms with E-state index in [1.165, 1.54) is 18.2 Å². The molecule has 2 heterocycles. The Balaban J connectivity index is 1.43. The van der Waals surface area contributed by atoms with E-state index < -0.39 is 28.6 Å². The Kier molecular flexibility index (Phi) is 6.42. The van der Waals surface area contributed by atoms with Gasteiger partial charge in [-0.1, -0.05) is 11.6 Å². The highest BCUT2D eigenvalue weighted by Gasteiger charge is 2.33. The quantitative estimate of drug-likeness (QED) is 0.256. The number of alkyl halides is 3. The molecule has 0 saturated carbocycles. The topological polar surface area (TPSA) is 79.0 Å². The molecule has 0 aliphatic rings. The first kappa shape index (κ1) is 23.1. The third-order valence-electron chi connectivity index (χ3n) is 4.58. The van der Waals surface area contributed by atoms with Gasteiger partial charge in [-0.3, -0.25) is 4.98 Å². The van der Waals surface area contributed by atoms with Crippen LogP contribution in [0.2, 0.25) is 5.02 Å². The number of H-pyrrole nitrogens is 1. The zero-order valence-electron chi connectivity index (χ0n) is 17.1. The van der Waals surface area contributed by atoms with Crippen LogP contribution in [0, 0.1) is 5.82 Å². The number of aromatic amines is 1. The summed E-state index contributed by atoms with van der Waals surface area (Å²) in [7, 11) is 0. The third-order valence-corrected chi connectivity index (χ3v) is 4.91. The summed E-state index contributed by atoms with van der Waals surface area (Å²) in [5.41, 5.74) is 0.0498. The number of hydrogen-bond donors (Lipinski definition) is 3. The van der Waals surface area contributed by atoms with Gasteiger partial charge in [-0.05, 0) is 42.5 Å². The maximum absolute atomic E-state index is 14.5. The second kappa shape index (κ2) is 9.44. The summed E-state index contributed by atoms with van der Waals surface area (Å²) in [6, 6.07) is 10.8. The number of carbonyl (C=O) groups excluding carboxylic acids is 1. The summed E-state index contributed by atoms with van der Waals surface area (Å²) >= 11 is 5.56. The Labute approximate surface area is 195 Å². The highest BCUT2D eigenvalue weighted by molar-refractivity contribution is 6.31. The number of hydrogen-bond acceptors (Lipinski definition) is 3. The average molecular weight is 491 g/mol. The maximum Gasteiger partial charge on any atom is 0.417 e. The van der Waals surface area contributed by atoms with Crippen molar-refractivity contribution in [1.29, 1.82) is 0 Å². The normalized spacial score (nSPS) is 11.2. The molecule has 4 aromatic rings. The van der Waals surface area contributed by atoms with Gasteiger partial charge >= 0.3 is 12.2 Å². The van der Waals surface area contributed by atoms with E-state index in [2.05, 4.69) is 20.6 Å². The number of halogens is 5. The van der Waals surface area contributed by atoms with Gasteiger partial charge < -0.3 is 20.4 Å². The lowest BCUT2D eigenvalue weighted by Gasteiger charge is -2.13. The van der Waals surface area contributed by atoms with Crippen molar-refractivity contribution in [3.63, 3.8) is 0 Å². The van der Waals surface area contributed by atoms with Crippen molar-refractivity contribution in [2.75, 3.05) is 10.6 Å². The second-order valence-corrected chi connectivity index (χ2v) is 7.40. The van der Waals surface area contributed by atoms with Crippen LogP contribution in [0.5, 0.6) is 11.5 Å². The van der Waals surface area contributed by atoms with E-state index in [0.717, 1.165) is 17.7 Å². The number of benzene rings is 2. The van der Waals surface area contributed by atoms with Crippen LogP contribution in [0.1, 0.15) is 5.56 Å². The van der Waals surface area contributed by atoms with E-state index in [-0.39, 0.29) is 17.1 Å². The van der Waals surface area contributed by atoms with Gasteiger partial charge in [0.2, 0.25) is 0 Å². The minimum absolute atomic E-state index is 0.162. The number of pyridine rings is 1. The molecule has 6 nitrogen and oxygen atoms in total. The molecule has 174 valence electrons. The summed E-state index contributed by atoms with van der Waals surface area (Å²) in [6.07, 6.45) is 0.384. The monoisotopic (exact) mass is 490 g/mol. The van der Waals surface area contributed by atoms with Gasteiger partial charge in [-0.15, -0.1) is 0 Å². The Bertz CT molecular complexity index is 1330. The van der Waals surface area contributed by atoms with Crippen molar-refractivity contribution in [3.05, 3.63) is 89.6 Å². The zero-order valence-corrected chi connectivity index (χ0v) is 17.8. The number of amides is 2. The van der Waals surface area contributed by atoms with Crippen LogP contribution in [-0.2, 0) is 6.18 Å². The summed E-state index contributed by atoms with van der Waals surface area (Å²) in [4.78, 5) is 19.3. The van der Waals surface area contributed by atoms with Crippen molar-refractivity contribution in [2.45, 2.75) is 6.18 Å². The van der Waals surface area contributed by atoms with Crippen molar-refractivity contribution in [3.8, 4) is 22.8 Å². The zero-order chi connectivity index (χ0) is 24.3. The molecule has 0 bridgehead atoms. The number of rotatable bonds is 5. The molecule has 11 heteroatoms. The molecule has 0 spiro atoms. The Hall–Kier alpha value is -4.05. The number of nitrogens with zero attached hydrogens (tertiary/aromatic N) is 1. The van der Waals surface area contributed by atoms with Crippen molar-refractivity contribution in [1.82, 2.24) is 9.97 Å². The minimum Gasteiger partial charge on any atom is -0.457 e. The van der Waals surface area contributed by atoms with Crippen molar-refractivity contribution >= 4 is 29.0 Å². The van der Waals surface area contributed by atoms with E-state index in [1.807, 2.05) is 6.07 Å². The molecule has 0 radical (unpaired) electrons. The first-order valence-electron chi connectivity index (χ1n) is 9.70. The molecule has 2 amide bonds. The number of nitrogens with one attached hydrogen (secondary N) is 3. The van der Waals surface area contributed by atoms with Crippen LogP contribution in [0.15, 0.2) is 73.2 Å². The number of ether oxygens (including phenoxy) is 1. The number of anilines is 2. The molecule has 0 aliphatic heterocycles. The second-order valence-electron chi connectivity index (χ2n) is 6.99. The van der Waals surface area contributed by atoms with Gasteiger partial charge in [0.05, 0.1) is 22.0 Å². The minimum atomic E-state index is -4.69. The lowest BCUT2D eigenvalue weighted by molar-refractivity contribution is -0.137. The van der Waals surface area contributed by atoms with Crippen LogP contribution >= 0.6 is 11.6 Å². The standard InChI is InChI=1S/C23H15ClF4N4O2/c24-18-3-1-14(9-17(18)23(26,27)28)31-22(33)32-20-4-2-15(10-19(20)25)34-16-6-8-30-21(11-16)13-5-7-29-12-13/h1-12,29H,(H2,31,32,33). The lowest BCUT2D eigenvalue weighted by atomic mass is 10.2.